The molecule has 0 fully saturated rings. The molecule has 2 N–H and O–H groups in total. The molecule has 0 amide bonds. The van der Waals surface area contributed by atoms with Crippen molar-refractivity contribution >= 4 is 0 Å². The molecule has 0 radical (unpaired) electrons. The summed E-state index contributed by atoms with van der Waals surface area (Å²) in [4.78, 5) is 0. The molecule has 1 aromatic rings. The molecular formula is C14H20N2O2. The Balaban J connectivity index is 2.63. The average molecular weight is 248 g/mol. The second-order valence-electron chi connectivity index (χ2n) is 3.93. The van der Waals surface area contributed by atoms with Gasteiger partial charge in [-0.3, -0.25) is 0 Å². The Labute approximate surface area is 108 Å². The van der Waals surface area contributed by atoms with Crippen LogP contribution in [0, 0.1) is 11.3 Å². The number of unbranched alkanes of at least 4 members (excludes halogenated alkanes) is 1. The fraction of sp³-hybridized carbons (Fsp3) is 0.500. The van der Waals surface area contributed by atoms with Gasteiger partial charge in [-0.1, -0.05) is 13.0 Å². The Hall–Kier alpha value is -1.73. The van der Waals surface area contributed by atoms with Crippen LogP contribution in [0.2, 0.25) is 0 Å². The topological polar surface area (TPSA) is 68.3 Å². The molecule has 0 aliphatic heterocycles. The summed E-state index contributed by atoms with van der Waals surface area (Å²) < 4.78 is 11.2. The van der Waals surface area contributed by atoms with Crippen LogP contribution in [-0.4, -0.2) is 13.2 Å². The lowest BCUT2D eigenvalue weighted by molar-refractivity contribution is 0.297. The number of rotatable bonds is 8. The molecule has 1 rings (SSSR count). The maximum absolute atomic E-state index is 8.46. The fourth-order valence-corrected chi connectivity index (χ4v) is 1.48. The fourth-order valence-electron chi connectivity index (χ4n) is 1.48. The molecular weight excluding hydrogens is 228 g/mol. The van der Waals surface area contributed by atoms with Gasteiger partial charge in [0.25, 0.3) is 0 Å². The smallest absolute Gasteiger partial charge is 0.127 e. The van der Waals surface area contributed by atoms with Crippen LogP contribution in [0.4, 0.5) is 0 Å². The third-order valence-electron chi connectivity index (χ3n) is 2.42. The monoisotopic (exact) mass is 248 g/mol. The number of nitriles is 1. The van der Waals surface area contributed by atoms with E-state index in [1.807, 2.05) is 18.2 Å². The number of benzene rings is 1. The first-order valence-electron chi connectivity index (χ1n) is 6.27. The Morgan fingerprint density at radius 1 is 1.28 bits per heavy atom. The van der Waals surface area contributed by atoms with Crippen LogP contribution in [0.25, 0.3) is 0 Å². The molecule has 0 unspecified atom stereocenters. The molecule has 0 aromatic heterocycles. The van der Waals surface area contributed by atoms with Gasteiger partial charge in [-0.15, -0.1) is 0 Å². The van der Waals surface area contributed by atoms with Crippen molar-refractivity contribution in [2.24, 2.45) is 5.73 Å². The number of hydrogen-bond acceptors (Lipinski definition) is 4. The Morgan fingerprint density at radius 2 is 2.11 bits per heavy atom. The van der Waals surface area contributed by atoms with Crippen LogP contribution in [0.5, 0.6) is 11.5 Å². The lowest BCUT2D eigenvalue weighted by atomic mass is 10.2. The molecule has 0 atom stereocenters. The Morgan fingerprint density at radius 3 is 2.78 bits per heavy atom. The van der Waals surface area contributed by atoms with Crippen molar-refractivity contribution in [3.05, 3.63) is 23.8 Å². The molecule has 18 heavy (non-hydrogen) atoms. The van der Waals surface area contributed by atoms with Crippen LogP contribution in [0.3, 0.4) is 0 Å². The first kappa shape index (κ1) is 14.3. The van der Waals surface area contributed by atoms with E-state index in [4.69, 9.17) is 20.5 Å². The van der Waals surface area contributed by atoms with Crippen molar-refractivity contribution in [1.82, 2.24) is 0 Å². The van der Waals surface area contributed by atoms with Gasteiger partial charge >= 0.3 is 0 Å². The third-order valence-corrected chi connectivity index (χ3v) is 2.42. The average Bonchev–Trinajstić information content (AvgIpc) is 2.41. The highest BCUT2D eigenvalue weighted by atomic mass is 16.5. The molecule has 0 aliphatic carbocycles. The van der Waals surface area contributed by atoms with Crippen molar-refractivity contribution in [2.45, 2.75) is 32.7 Å². The predicted octanol–water partition coefficient (Wildman–Crippen LogP) is 2.62. The van der Waals surface area contributed by atoms with Gasteiger partial charge in [0.1, 0.15) is 11.5 Å². The zero-order valence-corrected chi connectivity index (χ0v) is 10.8. The van der Waals surface area contributed by atoms with Crippen LogP contribution in [0.1, 0.15) is 31.7 Å². The second kappa shape index (κ2) is 8.37. The minimum atomic E-state index is 0.432. The van der Waals surface area contributed by atoms with Crippen molar-refractivity contribution < 1.29 is 9.47 Å². The van der Waals surface area contributed by atoms with Gasteiger partial charge in [0.15, 0.2) is 0 Å². The number of ether oxygens (including phenoxy) is 2. The summed E-state index contributed by atoms with van der Waals surface area (Å²) >= 11 is 0. The molecule has 1 aromatic carbocycles. The summed E-state index contributed by atoms with van der Waals surface area (Å²) in [7, 11) is 0. The highest BCUT2D eigenvalue weighted by Crippen LogP contribution is 2.25. The van der Waals surface area contributed by atoms with Crippen molar-refractivity contribution in [2.75, 3.05) is 13.2 Å². The molecule has 4 nitrogen and oxygen atoms in total. The van der Waals surface area contributed by atoms with Gasteiger partial charge in [0, 0.05) is 24.6 Å². The molecule has 4 heteroatoms. The minimum absolute atomic E-state index is 0.432. The Kier molecular flexibility index (Phi) is 6.67. The van der Waals surface area contributed by atoms with E-state index < -0.39 is 0 Å². The summed E-state index contributed by atoms with van der Waals surface area (Å²) in [6.07, 6.45) is 2.20. The zero-order valence-electron chi connectivity index (χ0n) is 10.8. The number of hydrogen-bond donors (Lipinski definition) is 1. The van der Waals surface area contributed by atoms with E-state index in [-0.39, 0.29) is 0 Å². The minimum Gasteiger partial charge on any atom is -0.493 e. The van der Waals surface area contributed by atoms with Crippen LogP contribution < -0.4 is 15.2 Å². The summed E-state index contributed by atoms with van der Waals surface area (Å²) in [6, 6.07) is 7.78. The lowest BCUT2D eigenvalue weighted by Gasteiger charge is -2.12. The van der Waals surface area contributed by atoms with Gasteiger partial charge in [-0.2, -0.15) is 5.26 Å². The van der Waals surface area contributed by atoms with Crippen LogP contribution >= 0.6 is 0 Å². The first-order chi connectivity index (χ1) is 8.81. The molecule has 0 bridgehead atoms. The Bertz CT molecular complexity index is 399. The summed E-state index contributed by atoms with van der Waals surface area (Å²) in [5, 5.41) is 8.46. The van der Waals surface area contributed by atoms with Gasteiger partial charge in [-0.25, -0.2) is 0 Å². The quantitative estimate of drug-likeness (QED) is 0.718. The SMILES string of the molecule is CCCOc1ccc(CN)c(OCCCC#N)c1. The van der Waals surface area contributed by atoms with E-state index in [1.54, 1.807) is 0 Å². The van der Waals surface area contributed by atoms with Gasteiger partial charge in [-0.05, 0) is 18.9 Å². The maximum atomic E-state index is 8.46. The number of nitrogens with two attached hydrogens (primary N) is 1. The second-order valence-corrected chi connectivity index (χ2v) is 3.93. The van der Waals surface area contributed by atoms with E-state index in [9.17, 15) is 0 Å². The van der Waals surface area contributed by atoms with Crippen molar-refractivity contribution in [3.8, 4) is 17.6 Å². The first-order valence-corrected chi connectivity index (χ1v) is 6.27. The largest absolute Gasteiger partial charge is 0.493 e. The number of nitrogens with zero attached hydrogens (tertiary/aromatic N) is 1. The van der Waals surface area contributed by atoms with E-state index in [2.05, 4.69) is 13.0 Å². The van der Waals surface area contributed by atoms with Gasteiger partial charge in [0.2, 0.25) is 0 Å². The van der Waals surface area contributed by atoms with Crippen molar-refractivity contribution in [3.63, 3.8) is 0 Å². The molecule has 0 saturated carbocycles. The molecule has 98 valence electrons. The standard InChI is InChI=1S/C14H20N2O2/c1-2-8-17-13-6-5-12(11-16)14(10-13)18-9-4-3-7-15/h5-6,10H,2-4,8-9,11,16H2,1H3. The summed E-state index contributed by atoms with van der Waals surface area (Å²) in [5.41, 5.74) is 6.61. The molecule has 0 aliphatic rings. The normalized spacial score (nSPS) is 9.83. The van der Waals surface area contributed by atoms with E-state index in [1.165, 1.54) is 0 Å². The third kappa shape index (κ3) is 4.64. The zero-order chi connectivity index (χ0) is 13.2. The van der Waals surface area contributed by atoms with E-state index >= 15 is 0 Å². The van der Waals surface area contributed by atoms with Crippen LogP contribution in [0.15, 0.2) is 18.2 Å². The highest BCUT2D eigenvalue weighted by molar-refractivity contribution is 5.40. The molecule has 0 spiro atoms. The highest BCUT2D eigenvalue weighted by Gasteiger charge is 2.05. The van der Waals surface area contributed by atoms with Gasteiger partial charge in [0.05, 0.1) is 19.3 Å². The molecule has 0 saturated heterocycles. The summed E-state index contributed by atoms with van der Waals surface area (Å²) in [6.45, 7) is 3.71. The van der Waals surface area contributed by atoms with E-state index in [0.717, 1.165) is 29.9 Å². The van der Waals surface area contributed by atoms with Crippen LogP contribution in [-0.2, 0) is 6.54 Å². The molecule has 0 heterocycles. The summed E-state index contributed by atoms with van der Waals surface area (Å²) in [5.74, 6) is 1.55. The van der Waals surface area contributed by atoms with Crippen molar-refractivity contribution in [1.29, 1.82) is 5.26 Å². The van der Waals surface area contributed by atoms with E-state index in [0.29, 0.717) is 26.2 Å². The van der Waals surface area contributed by atoms with Gasteiger partial charge < -0.3 is 15.2 Å². The predicted molar refractivity (Wildman–Crippen MR) is 70.5 cm³/mol. The maximum Gasteiger partial charge on any atom is 0.127 e. The lowest BCUT2D eigenvalue weighted by Crippen LogP contribution is -2.04.